The summed E-state index contributed by atoms with van der Waals surface area (Å²) in [4.78, 5) is 16.8. The van der Waals surface area contributed by atoms with E-state index in [1.54, 1.807) is 6.07 Å². The number of ether oxygens (including phenoxy) is 1. The first-order valence-corrected chi connectivity index (χ1v) is 8.48. The van der Waals surface area contributed by atoms with Crippen LogP contribution in [0.4, 0.5) is 4.39 Å². The summed E-state index contributed by atoms with van der Waals surface area (Å²) in [6.07, 6.45) is 0. The van der Waals surface area contributed by atoms with Crippen LogP contribution >= 0.6 is 0 Å². The van der Waals surface area contributed by atoms with Crippen LogP contribution in [-0.4, -0.2) is 49.0 Å². The summed E-state index contributed by atoms with van der Waals surface area (Å²) in [6, 6.07) is 12.7. The Balaban J connectivity index is 1.58. The molecule has 132 valence electrons. The van der Waals surface area contributed by atoms with Crippen LogP contribution in [0.2, 0.25) is 0 Å². The molecule has 1 heterocycles. The van der Waals surface area contributed by atoms with E-state index in [1.165, 1.54) is 13.2 Å². The van der Waals surface area contributed by atoms with E-state index in [4.69, 9.17) is 4.74 Å². The van der Waals surface area contributed by atoms with Gasteiger partial charge in [0.1, 0.15) is 0 Å². The minimum atomic E-state index is -0.339. The zero-order valence-electron chi connectivity index (χ0n) is 14.7. The SMILES string of the molecule is COc1ccc(CN2CCN(C(=O)c3ccccc3C)CC2)cc1F. The second-order valence-electron chi connectivity index (χ2n) is 6.35. The van der Waals surface area contributed by atoms with E-state index in [2.05, 4.69) is 4.90 Å². The quantitative estimate of drug-likeness (QED) is 0.856. The van der Waals surface area contributed by atoms with Crippen molar-refractivity contribution < 1.29 is 13.9 Å². The Hall–Kier alpha value is -2.40. The van der Waals surface area contributed by atoms with Gasteiger partial charge < -0.3 is 9.64 Å². The molecule has 0 aromatic heterocycles. The predicted octanol–water partition coefficient (Wildman–Crippen LogP) is 3.10. The van der Waals surface area contributed by atoms with Gasteiger partial charge in [0.2, 0.25) is 0 Å². The lowest BCUT2D eigenvalue weighted by Crippen LogP contribution is -2.48. The lowest BCUT2D eigenvalue weighted by molar-refractivity contribution is 0.0627. The molecule has 25 heavy (non-hydrogen) atoms. The number of rotatable bonds is 4. The molecule has 0 N–H and O–H groups in total. The van der Waals surface area contributed by atoms with Crippen molar-refractivity contribution in [2.75, 3.05) is 33.3 Å². The van der Waals surface area contributed by atoms with Gasteiger partial charge in [0.15, 0.2) is 11.6 Å². The van der Waals surface area contributed by atoms with Gasteiger partial charge in [0, 0.05) is 38.3 Å². The Kier molecular flexibility index (Phi) is 5.34. The zero-order chi connectivity index (χ0) is 17.8. The molecule has 3 rings (SSSR count). The highest BCUT2D eigenvalue weighted by atomic mass is 19.1. The number of piperazine rings is 1. The summed E-state index contributed by atoms with van der Waals surface area (Å²) in [5.74, 6) is 0.0130. The molecular formula is C20H23FN2O2. The molecule has 0 unspecified atom stereocenters. The third kappa shape index (κ3) is 3.99. The van der Waals surface area contributed by atoms with Gasteiger partial charge in [-0.3, -0.25) is 9.69 Å². The number of methoxy groups -OCH3 is 1. The van der Waals surface area contributed by atoms with Gasteiger partial charge in [-0.25, -0.2) is 4.39 Å². The molecule has 1 aliphatic rings. The number of amides is 1. The minimum Gasteiger partial charge on any atom is -0.494 e. The molecule has 0 radical (unpaired) electrons. The molecule has 0 spiro atoms. The van der Waals surface area contributed by atoms with Crippen molar-refractivity contribution in [2.45, 2.75) is 13.5 Å². The number of hydrogen-bond acceptors (Lipinski definition) is 3. The first-order valence-electron chi connectivity index (χ1n) is 8.48. The first-order chi connectivity index (χ1) is 12.1. The minimum absolute atomic E-state index is 0.0910. The molecule has 5 heteroatoms. The zero-order valence-corrected chi connectivity index (χ0v) is 14.7. The fourth-order valence-electron chi connectivity index (χ4n) is 3.16. The molecule has 0 bridgehead atoms. The average molecular weight is 342 g/mol. The Morgan fingerprint density at radius 1 is 1.12 bits per heavy atom. The molecule has 2 aromatic carbocycles. The van der Waals surface area contributed by atoms with Crippen LogP contribution in [0.3, 0.4) is 0 Å². The lowest BCUT2D eigenvalue weighted by Gasteiger charge is -2.35. The van der Waals surface area contributed by atoms with Crippen molar-refractivity contribution in [3.05, 3.63) is 65.0 Å². The highest BCUT2D eigenvalue weighted by molar-refractivity contribution is 5.95. The Labute approximate surface area is 147 Å². The van der Waals surface area contributed by atoms with Crippen LogP contribution in [0.25, 0.3) is 0 Å². The number of hydrogen-bond donors (Lipinski definition) is 0. The van der Waals surface area contributed by atoms with Crippen molar-refractivity contribution in [3.8, 4) is 5.75 Å². The summed E-state index contributed by atoms with van der Waals surface area (Å²) in [7, 11) is 1.46. The van der Waals surface area contributed by atoms with E-state index >= 15 is 0 Å². The van der Waals surface area contributed by atoms with Crippen molar-refractivity contribution in [2.24, 2.45) is 0 Å². The summed E-state index contributed by atoms with van der Waals surface area (Å²) >= 11 is 0. The number of halogens is 1. The van der Waals surface area contributed by atoms with Crippen LogP contribution in [-0.2, 0) is 6.54 Å². The molecule has 1 fully saturated rings. The molecule has 1 aliphatic heterocycles. The third-order valence-electron chi connectivity index (χ3n) is 4.66. The Morgan fingerprint density at radius 2 is 1.84 bits per heavy atom. The predicted molar refractivity (Wildman–Crippen MR) is 95.3 cm³/mol. The lowest BCUT2D eigenvalue weighted by atomic mass is 10.1. The van der Waals surface area contributed by atoms with Crippen molar-refractivity contribution in [1.82, 2.24) is 9.80 Å². The Bertz CT molecular complexity index is 755. The van der Waals surface area contributed by atoms with Gasteiger partial charge in [-0.15, -0.1) is 0 Å². The van der Waals surface area contributed by atoms with Gasteiger partial charge in [0.05, 0.1) is 7.11 Å². The molecule has 0 atom stereocenters. The van der Waals surface area contributed by atoms with Gasteiger partial charge >= 0.3 is 0 Å². The average Bonchev–Trinajstić information content (AvgIpc) is 2.62. The smallest absolute Gasteiger partial charge is 0.254 e. The molecule has 4 nitrogen and oxygen atoms in total. The van der Waals surface area contributed by atoms with Crippen molar-refractivity contribution in [3.63, 3.8) is 0 Å². The number of nitrogens with zero attached hydrogens (tertiary/aromatic N) is 2. The van der Waals surface area contributed by atoms with E-state index in [-0.39, 0.29) is 17.5 Å². The van der Waals surface area contributed by atoms with Gasteiger partial charge in [0.25, 0.3) is 5.91 Å². The van der Waals surface area contributed by atoms with E-state index < -0.39 is 0 Å². The van der Waals surface area contributed by atoms with Crippen LogP contribution in [0, 0.1) is 12.7 Å². The van der Waals surface area contributed by atoms with Gasteiger partial charge in [-0.05, 0) is 36.2 Å². The fourth-order valence-corrected chi connectivity index (χ4v) is 3.16. The number of carbonyl (C=O) groups excluding carboxylic acids is 1. The molecular weight excluding hydrogens is 319 g/mol. The van der Waals surface area contributed by atoms with E-state index in [0.29, 0.717) is 19.6 Å². The van der Waals surface area contributed by atoms with Crippen molar-refractivity contribution >= 4 is 5.91 Å². The first kappa shape index (κ1) is 17.4. The summed E-state index contributed by atoms with van der Waals surface area (Å²) in [5, 5.41) is 0. The second-order valence-corrected chi connectivity index (χ2v) is 6.35. The fraction of sp³-hybridized carbons (Fsp3) is 0.350. The standard InChI is InChI=1S/C20H23FN2O2/c1-15-5-3-4-6-17(15)20(24)23-11-9-22(10-12-23)14-16-7-8-19(25-2)18(21)13-16/h3-8,13H,9-12,14H2,1-2H3. The van der Waals surface area contributed by atoms with Crippen LogP contribution in [0.15, 0.2) is 42.5 Å². The summed E-state index contributed by atoms with van der Waals surface area (Å²) in [5.41, 5.74) is 2.69. The highest BCUT2D eigenvalue weighted by Crippen LogP contribution is 2.19. The monoisotopic (exact) mass is 342 g/mol. The van der Waals surface area contributed by atoms with Gasteiger partial charge in [-0.1, -0.05) is 24.3 Å². The van der Waals surface area contributed by atoms with E-state index in [9.17, 15) is 9.18 Å². The molecule has 2 aromatic rings. The van der Waals surface area contributed by atoms with Crippen molar-refractivity contribution in [1.29, 1.82) is 0 Å². The normalized spacial score (nSPS) is 15.2. The van der Waals surface area contributed by atoms with E-state index in [0.717, 1.165) is 29.8 Å². The van der Waals surface area contributed by atoms with Gasteiger partial charge in [-0.2, -0.15) is 0 Å². The molecule has 0 aliphatic carbocycles. The number of benzene rings is 2. The molecule has 1 amide bonds. The molecule has 0 saturated carbocycles. The molecule has 1 saturated heterocycles. The van der Waals surface area contributed by atoms with E-state index in [1.807, 2.05) is 42.2 Å². The van der Waals surface area contributed by atoms with Crippen LogP contribution in [0.1, 0.15) is 21.5 Å². The summed E-state index contributed by atoms with van der Waals surface area (Å²) < 4.78 is 18.8. The van der Waals surface area contributed by atoms with Crippen LogP contribution in [0.5, 0.6) is 5.75 Å². The summed E-state index contributed by atoms with van der Waals surface area (Å²) in [6.45, 7) is 5.57. The topological polar surface area (TPSA) is 32.8 Å². The van der Waals surface area contributed by atoms with Crippen LogP contribution < -0.4 is 4.74 Å². The third-order valence-corrected chi connectivity index (χ3v) is 4.66. The largest absolute Gasteiger partial charge is 0.494 e. The number of carbonyl (C=O) groups is 1. The Morgan fingerprint density at radius 3 is 2.48 bits per heavy atom. The second kappa shape index (κ2) is 7.66. The maximum atomic E-state index is 13.8. The highest BCUT2D eigenvalue weighted by Gasteiger charge is 2.23. The maximum absolute atomic E-state index is 13.8. The number of aryl methyl sites for hydroxylation is 1. The maximum Gasteiger partial charge on any atom is 0.254 e.